The van der Waals surface area contributed by atoms with Crippen molar-refractivity contribution in [2.45, 2.75) is 56.4 Å². The first-order valence-electron chi connectivity index (χ1n) is 11.2. The van der Waals surface area contributed by atoms with E-state index in [0.717, 1.165) is 38.0 Å². The van der Waals surface area contributed by atoms with Crippen LogP contribution in [0.2, 0.25) is 0 Å². The molecule has 0 saturated carbocycles. The number of rotatable bonds is 7. The number of benzene rings is 1. The van der Waals surface area contributed by atoms with E-state index < -0.39 is 19.9 Å². The summed E-state index contributed by atoms with van der Waals surface area (Å²) >= 11 is 0. The molecule has 0 unspecified atom stereocenters. The van der Waals surface area contributed by atoms with Gasteiger partial charge in [0.05, 0.1) is 16.4 Å². The smallest absolute Gasteiger partial charge is 0.243 e. The molecule has 1 aromatic carbocycles. The average molecular weight is 472 g/mol. The third-order valence-corrected chi connectivity index (χ3v) is 9.91. The number of hydrogen-bond donors (Lipinski definition) is 1. The van der Waals surface area contributed by atoms with Crippen molar-refractivity contribution in [1.29, 1.82) is 0 Å². The van der Waals surface area contributed by atoms with Crippen molar-refractivity contribution in [3.63, 3.8) is 0 Å². The molecule has 0 bridgehead atoms. The summed E-state index contributed by atoms with van der Waals surface area (Å²) in [6.07, 6.45) is 2.31. The monoisotopic (exact) mass is 471 g/mol. The molecule has 1 N–H and O–H groups in total. The highest BCUT2D eigenvalue weighted by molar-refractivity contribution is 7.91. The zero-order chi connectivity index (χ0) is 22.7. The molecule has 2 fully saturated rings. The average Bonchev–Trinajstić information content (AvgIpc) is 2.72. The predicted molar refractivity (Wildman–Crippen MR) is 125 cm³/mol. The molecular formula is C22H37N3O4S2. The van der Waals surface area contributed by atoms with Crippen LogP contribution in [-0.2, 0) is 25.3 Å². The summed E-state index contributed by atoms with van der Waals surface area (Å²) in [5.41, 5.74) is 1.08. The van der Waals surface area contributed by atoms with Gasteiger partial charge in [0.15, 0.2) is 9.84 Å². The second-order valence-electron chi connectivity index (χ2n) is 9.72. The Balaban J connectivity index is 1.71. The Morgan fingerprint density at radius 2 is 1.65 bits per heavy atom. The van der Waals surface area contributed by atoms with Crippen molar-refractivity contribution >= 4 is 19.9 Å². The van der Waals surface area contributed by atoms with Crippen LogP contribution >= 0.6 is 0 Å². The SMILES string of the molecule is CC(C)(C)c1ccc(S(=O)(=O)N(CCCN2CCS(=O)(=O)CC2)C2CCNCC2)cc1. The highest BCUT2D eigenvalue weighted by atomic mass is 32.2. The van der Waals surface area contributed by atoms with Crippen molar-refractivity contribution in [2.75, 3.05) is 50.8 Å². The normalized spacial score (nSPS) is 21.4. The number of sulfone groups is 1. The summed E-state index contributed by atoms with van der Waals surface area (Å²) in [7, 11) is -6.50. The maximum absolute atomic E-state index is 13.6. The molecule has 1 aromatic rings. The van der Waals surface area contributed by atoms with Crippen molar-refractivity contribution in [3.8, 4) is 0 Å². The lowest BCUT2D eigenvalue weighted by molar-refractivity contribution is 0.235. The Kier molecular flexibility index (Phi) is 7.84. The van der Waals surface area contributed by atoms with E-state index in [1.54, 1.807) is 16.4 Å². The number of nitrogens with one attached hydrogen (secondary N) is 1. The van der Waals surface area contributed by atoms with E-state index in [-0.39, 0.29) is 23.0 Å². The molecule has 2 aliphatic rings. The van der Waals surface area contributed by atoms with E-state index in [0.29, 0.717) is 31.0 Å². The van der Waals surface area contributed by atoms with Gasteiger partial charge in [-0.3, -0.25) is 0 Å². The lowest BCUT2D eigenvalue weighted by Gasteiger charge is -2.34. The van der Waals surface area contributed by atoms with Crippen LogP contribution in [0.25, 0.3) is 0 Å². The summed E-state index contributed by atoms with van der Waals surface area (Å²) in [5, 5.41) is 3.31. The zero-order valence-electron chi connectivity index (χ0n) is 19.0. The molecule has 0 atom stereocenters. The van der Waals surface area contributed by atoms with E-state index >= 15 is 0 Å². The molecule has 176 valence electrons. The topological polar surface area (TPSA) is 86.8 Å². The Labute approximate surface area is 188 Å². The van der Waals surface area contributed by atoms with Gasteiger partial charge in [-0.05, 0) is 62.0 Å². The maximum atomic E-state index is 13.6. The fourth-order valence-corrected chi connectivity index (χ4v) is 7.28. The molecule has 2 saturated heterocycles. The minimum absolute atomic E-state index is 0.00437. The van der Waals surface area contributed by atoms with Gasteiger partial charge in [-0.25, -0.2) is 16.8 Å². The molecule has 2 aliphatic heterocycles. The predicted octanol–water partition coefficient (Wildman–Crippen LogP) is 1.85. The zero-order valence-corrected chi connectivity index (χ0v) is 20.6. The van der Waals surface area contributed by atoms with E-state index in [1.165, 1.54) is 0 Å². The Morgan fingerprint density at radius 3 is 2.19 bits per heavy atom. The highest BCUT2D eigenvalue weighted by Gasteiger charge is 2.32. The Hall–Kier alpha value is -1.00. The van der Waals surface area contributed by atoms with Gasteiger partial charge in [-0.15, -0.1) is 0 Å². The van der Waals surface area contributed by atoms with Gasteiger partial charge in [-0.2, -0.15) is 4.31 Å². The number of nitrogens with zero attached hydrogens (tertiary/aromatic N) is 2. The fourth-order valence-electron chi connectivity index (χ4n) is 4.28. The van der Waals surface area contributed by atoms with Crippen LogP contribution in [-0.4, -0.2) is 82.9 Å². The van der Waals surface area contributed by atoms with Crippen LogP contribution < -0.4 is 5.32 Å². The van der Waals surface area contributed by atoms with Crippen molar-refractivity contribution < 1.29 is 16.8 Å². The second-order valence-corrected chi connectivity index (χ2v) is 13.9. The number of hydrogen-bond acceptors (Lipinski definition) is 6. The van der Waals surface area contributed by atoms with Gasteiger partial charge in [-0.1, -0.05) is 32.9 Å². The maximum Gasteiger partial charge on any atom is 0.243 e. The summed E-state index contributed by atoms with van der Waals surface area (Å²) in [6, 6.07) is 7.30. The number of sulfonamides is 1. The molecular weight excluding hydrogens is 434 g/mol. The van der Waals surface area contributed by atoms with Crippen molar-refractivity contribution in [1.82, 2.24) is 14.5 Å². The standard InChI is InChI=1S/C22H37N3O4S2/c1-22(2,3)19-5-7-21(8-6-19)31(28,29)25(20-9-11-23-12-10-20)14-4-13-24-15-17-30(26,27)18-16-24/h5-8,20,23H,4,9-18H2,1-3H3. The van der Waals surface area contributed by atoms with Gasteiger partial charge in [0.1, 0.15) is 0 Å². The first kappa shape index (κ1) is 24.6. The van der Waals surface area contributed by atoms with Gasteiger partial charge in [0.25, 0.3) is 0 Å². The van der Waals surface area contributed by atoms with Crippen molar-refractivity contribution in [3.05, 3.63) is 29.8 Å². The molecule has 0 aromatic heterocycles. The quantitative estimate of drug-likeness (QED) is 0.653. The molecule has 3 rings (SSSR count). The first-order chi connectivity index (χ1) is 14.5. The van der Waals surface area contributed by atoms with Gasteiger partial charge >= 0.3 is 0 Å². The Bertz CT molecular complexity index is 918. The Morgan fingerprint density at radius 1 is 1.06 bits per heavy atom. The van der Waals surface area contributed by atoms with Gasteiger partial charge < -0.3 is 10.2 Å². The number of piperidine rings is 1. The van der Waals surface area contributed by atoms with E-state index in [2.05, 4.69) is 31.0 Å². The molecule has 0 radical (unpaired) electrons. The van der Waals surface area contributed by atoms with Crippen molar-refractivity contribution in [2.24, 2.45) is 0 Å². The molecule has 7 nitrogen and oxygen atoms in total. The summed E-state index contributed by atoms with van der Waals surface area (Å²) < 4.78 is 52.1. The third kappa shape index (κ3) is 6.51. The van der Waals surface area contributed by atoms with E-state index in [4.69, 9.17) is 0 Å². The third-order valence-electron chi connectivity index (χ3n) is 6.33. The van der Waals surface area contributed by atoms with E-state index in [9.17, 15) is 16.8 Å². The molecule has 31 heavy (non-hydrogen) atoms. The molecule has 0 aliphatic carbocycles. The van der Waals surface area contributed by atoms with Crippen LogP contribution in [0.15, 0.2) is 29.2 Å². The summed E-state index contributed by atoms with van der Waals surface area (Å²) in [5.74, 6) is 0.396. The molecule has 2 heterocycles. The van der Waals surface area contributed by atoms with Crippen LogP contribution in [0, 0.1) is 0 Å². The lowest BCUT2D eigenvalue weighted by atomic mass is 9.87. The second kappa shape index (κ2) is 9.87. The summed E-state index contributed by atoms with van der Waals surface area (Å²) in [4.78, 5) is 2.48. The van der Waals surface area contributed by atoms with E-state index in [1.807, 2.05) is 12.1 Å². The van der Waals surface area contributed by atoms with Gasteiger partial charge in [0, 0.05) is 25.7 Å². The molecule has 0 amide bonds. The molecule has 0 spiro atoms. The fraction of sp³-hybridized carbons (Fsp3) is 0.727. The minimum atomic E-state index is -3.59. The van der Waals surface area contributed by atoms with Crippen LogP contribution in [0.1, 0.15) is 45.6 Å². The van der Waals surface area contributed by atoms with Crippen LogP contribution in [0.5, 0.6) is 0 Å². The van der Waals surface area contributed by atoms with Crippen LogP contribution in [0.4, 0.5) is 0 Å². The summed E-state index contributed by atoms with van der Waals surface area (Å²) in [6.45, 7) is 10.2. The minimum Gasteiger partial charge on any atom is -0.317 e. The highest BCUT2D eigenvalue weighted by Crippen LogP contribution is 2.27. The lowest BCUT2D eigenvalue weighted by Crippen LogP contribution is -2.47. The largest absolute Gasteiger partial charge is 0.317 e. The molecule has 9 heteroatoms. The van der Waals surface area contributed by atoms with Crippen LogP contribution in [0.3, 0.4) is 0 Å². The first-order valence-corrected chi connectivity index (χ1v) is 14.5. The van der Waals surface area contributed by atoms with Gasteiger partial charge in [0.2, 0.25) is 10.0 Å².